The minimum atomic E-state index is -0.0210. The number of pyridine rings is 1. The molecule has 6 aromatic carbocycles. The van der Waals surface area contributed by atoms with Gasteiger partial charge in [0.15, 0.2) is 0 Å². The maximum absolute atomic E-state index is 6.62. The number of rotatable bonds is 6. The normalized spacial score (nSPS) is 12.9. The van der Waals surface area contributed by atoms with Crippen molar-refractivity contribution in [1.29, 1.82) is 0 Å². The summed E-state index contributed by atoms with van der Waals surface area (Å²) in [6.45, 7) is 20.4. The van der Waals surface area contributed by atoms with E-state index in [4.69, 9.17) is 9.72 Å². The quantitative estimate of drug-likeness (QED) is 0.123. The molecule has 1 aliphatic heterocycles. The van der Waals surface area contributed by atoms with Crippen molar-refractivity contribution in [3.8, 4) is 28.4 Å². The molecule has 5 nitrogen and oxygen atoms in total. The monoisotopic (exact) mass is 965 g/mol. The summed E-state index contributed by atoms with van der Waals surface area (Å²) in [6.07, 6.45) is 1.90. The molecule has 3 heterocycles. The van der Waals surface area contributed by atoms with Crippen LogP contribution >= 0.6 is 0 Å². The number of benzene rings is 6. The van der Waals surface area contributed by atoms with Crippen LogP contribution in [0.25, 0.3) is 38.8 Å². The predicted octanol–water partition coefficient (Wildman–Crippen LogP) is 14.0. The van der Waals surface area contributed by atoms with Crippen molar-refractivity contribution in [1.82, 2.24) is 18.7 Å². The van der Waals surface area contributed by atoms with Gasteiger partial charge in [-0.1, -0.05) is 145 Å². The predicted molar refractivity (Wildman–Crippen MR) is 245 cm³/mol. The molecule has 0 unspecified atom stereocenters. The fraction of sp³-hybridized carbons (Fsp3) is 0.222. The van der Waals surface area contributed by atoms with Crippen LogP contribution in [0.1, 0.15) is 79.0 Å². The fourth-order valence-corrected chi connectivity index (χ4v) is 7.90. The molecule has 0 bridgehead atoms. The van der Waals surface area contributed by atoms with Crippen LogP contribution < -0.4 is 13.9 Å². The molecule has 0 aliphatic carbocycles. The Kier molecular flexibility index (Phi) is 10.4. The van der Waals surface area contributed by atoms with Crippen LogP contribution in [0.4, 0.5) is 22.7 Å². The second kappa shape index (κ2) is 15.3. The van der Waals surface area contributed by atoms with E-state index in [0.29, 0.717) is 11.5 Å². The van der Waals surface area contributed by atoms with Gasteiger partial charge in [-0.15, -0.1) is 23.6 Å². The molecule has 1 aliphatic rings. The van der Waals surface area contributed by atoms with Crippen LogP contribution in [0.3, 0.4) is 0 Å². The van der Waals surface area contributed by atoms with Crippen LogP contribution in [0.2, 0.25) is 0 Å². The number of hydrogen-bond acceptors (Lipinski definition) is 2. The van der Waals surface area contributed by atoms with Gasteiger partial charge in [0.05, 0.1) is 5.56 Å². The number of aromatic nitrogens is 2. The molecule has 0 N–H and O–H groups in total. The SMILES string of the molecule is CC(C)(C)c1cc(-c2cccc3c2[N+](c2ccccc2)=C=[N+]3c2[c-]c(Oc3[c-]c4c(cc3)c3ccccc3n4-c3cc(C(C)(C)C)ccn3)ccc2)cc(C(C)(C)C)c1.[Pt+2]. The zero-order valence-corrected chi connectivity index (χ0v) is 38.1. The molecule has 60 heavy (non-hydrogen) atoms. The van der Waals surface area contributed by atoms with Crippen molar-refractivity contribution in [3.05, 3.63) is 168 Å². The minimum Gasteiger partial charge on any atom is -0.509 e. The molecule has 300 valence electrons. The van der Waals surface area contributed by atoms with Gasteiger partial charge < -0.3 is 9.30 Å². The van der Waals surface area contributed by atoms with Gasteiger partial charge >= 0.3 is 32.8 Å². The molecule has 0 amide bonds. The fourth-order valence-electron chi connectivity index (χ4n) is 7.90. The minimum absolute atomic E-state index is 0. The second-order valence-electron chi connectivity index (χ2n) is 18.7. The molecular weight excluding hydrogens is 916 g/mol. The molecule has 0 spiro atoms. The summed E-state index contributed by atoms with van der Waals surface area (Å²) in [4.78, 5) is 4.85. The Labute approximate surface area is 368 Å². The van der Waals surface area contributed by atoms with Crippen LogP contribution in [-0.2, 0) is 37.3 Å². The Morgan fingerprint density at radius 3 is 1.97 bits per heavy atom. The first-order chi connectivity index (χ1) is 28.1. The summed E-state index contributed by atoms with van der Waals surface area (Å²) in [5.41, 5.74) is 12.0. The van der Waals surface area contributed by atoms with E-state index in [0.717, 1.165) is 55.9 Å². The maximum Gasteiger partial charge on any atom is 2.00 e. The third kappa shape index (κ3) is 7.58. The van der Waals surface area contributed by atoms with E-state index in [2.05, 4.69) is 209 Å². The number of hydrogen-bond donors (Lipinski definition) is 0. The van der Waals surface area contributed by atoms with Crippen molar-refractivity contribution in [2.45, 2.75) is 78.6 Å². The van der Waals surface area contributed by atoms with Crippen molar-refractivity contribution in [2.24, 2.45) is 0 Å². The van der Waals surface area contributed by atoms with E-state index in [1.165, 1.54) is 22.3 Å². The van der Waals surface area contributed by atoms with E-state index < -0.39 is 0 Å². The summed E-state index contributed by atoms with van der Waals surface area (Å²) in [7, 11) is 0. The first-order valence-electron chi connectivity index (χ1n) is 20.5. The zero-order valence-electron chi connectivity index (χ0n) is 35.8. The molecule has 2 aromatic heterocycles. The Morgan fingerprint density at radius 2 is 1.25 bits per heavy atom. The van der Waals surface area contributed by atoms with Gasteiger partial charge in [0.25, 0.3) is 5.69 Å². The van der Waals surface area contributed by atoms with Gasteiger partial charge in [-0.2, -0.15) is 12.1 Å². The molecule has 0 saturated carbocycles. The van der Waals surface area contributed by atoms with Crippen LogP contribution in [-0.4, -0.2) is 15.6 Å². The maximum atomic E-state index is 6.62. The third-order valence-electron chi connectivity index (χ3n) is 11.3. The largest absolute Gasteiger partial charge is 2.00 e. The van der Waals surface area contributed by atoms with Gasteiger partial charge in [-0.3, -0.25) is 0 Å². The topological polar surface area (TPSA) is 33.1 Å². The van der Waals surface area contributed by atoms with Crippen molar-refractivity contribution >= 4 is 50.6 Å². The van der Waals surface area contributed by atoms with Gasteiger partial charge in [-0.25, -0.2) is 4.98 Å². The number of nitrogens with zero attached hydrogens (tertiary/aromatic N) is 4. The number of ether oxygens (including phenoxy) is 1. The molecule has 9 rings (SSSR count). The van der Waals surface area contributed by atoms with Crippen LogP contribution in [0.15, 0.2) is 140 Å². The summed E-state index contributed by atoms with van der Waals surface area (Å²) < 4.78 is 13.1. The van der Waals surface area contributed by atoms with Gasteiger partial charge in [0.2, 0.25) is 5.69 Å². The van der Waals surface area contributed by atoms with Crippen LogP contribution in [0.5, 0.6) is 11.5 Å². The van der Waals surface area contributed by atoms with Crippen molar-refractivity contribution in [2.75, 3.05) is 0 Å². The Hall–Kier alpha value is -5.86. The summed E-state index contributed by atoms with van der Waals surface area (Å²) in [5, 5.41) is 2.23. The van der Waals surface area contributed by atoms with Gasteiger partial charge in [-0.05, 0) is 72.7 Å². The molecule has 0 radical (unpaired) electrons. The summed E-state index contributed by atoms with van der Waals surface area (Å²) in [5.74, 6) is 2.03. The number of para-hydroxylation sites is 3. The molecule has 0 atom stereocenters. The van der Waals surface area contributed by atoms with Gasteiger partial charge in [0, 0.05) is 41.4 Å². The number of fused-ring (bicyclic) bond motifs is 4. The van der Waals surface area contributed by atoms with E-state index >= 15 is 0 Å². The van der Waals surface area contributed by atoms with E-state index in [9.17, 15) is 0 Å². The van der Waals surface area contributed by atoms with Crippen LogP contribution in [0, 0.1) is 12.1 Å². The summed E-state index contributed by atoms with van der Waals surface area (Å²) >= 11 is 0. The average molecular weight is 966 g/mol. The first-order valence-corrected chi connectivity index (χ1v) is 20.5. The van der Waals surface area contributed by atoms with E-state index in [1.807, 2.05) is 24.4 Å². The molecule has 6 heteroatoms. The molecule has 8 aromatic rings. The van der Waals surface area contributed by atoms with Gasteiger partial charge in [0.1, 0.15) is 11.5 Å². The average Bonchev–Trinajstić information content (AvgIpc) is 3.76. The Bertz CT molecular complexity index is 2970. The smallest absolute Gasteiger partial charge is 0.509 e. The van der Waals surface area contributed by atoms with E-state index in [1.54, 1.807) is 0 Å². The van der Waals surface area contributed by atoms with Crippen molar-refractivity contribution in [3.63, 3.8) is 0 Å². The third-order valence-corrected chi connectivity index (χ3v) is 11.3. The first kappa shape index (κ1) is 40.9. The molecule has 0 fully saturated rings. The zero-order chi connectivity index (χ0) is 41.3. The Balaban J connectivity index is 0.00000499. The standard InChI is InChI=1S/C54H50N4O.Pt/c1-52(2,3)37-27-28-55-50(32-37)58-47-23-14-13-21-45(47)46-26-25-43(34-49(46)58)59-42-20-15-19-41(33-42)56-35-57(40-17-11-10-12-18-40)51-44(22-16-24-48(51)56)36-29-38(53(4,5)6)31-39(30-36)54(7,8)9;/h10-32H,1-9H3;/q;+2. The van der Waals surface area contributed by atoms with Crippen molar-refractivity contribution < 1.29 is 25.8 Å². The Morgan fingerprint density at radius 1 is 0.583 bits per heavy atom. The summed E-state index contributed by atoms with van der Waals surface area (Å²) in [6, 6.07) is 57.9. The molecule has 0 saturated heterocycles. The van der Waals surface area contributed by atoms with E-state index in [-0.39, 0.29) is 37.3 Å². The second-order valence-corrected chi connectivity index (χ2v) is 18.7. The molecular formula is C54H50N4OPt+2.